The summed E-state index contributed by atoms with van der Waals surface area (Å²) in [6.07, 6.45) is 1.87. The summed E-state index contributed by atoms with van der Waals surface area (Å²) in [7, 11) is 1.57. The van der Waals surface area contributed by atoms with Crippen molar-refractivity contribution >= 4 is 29.1 Å². The van der Waals surface area contributed by atoms with Gasteiger partial charge in [0.25, 0.3) is 5.56 Å². The number of anilines is 1. The molecule has 2 aromatic carbocycles. The highest BCUT2D eigenvalue weighted by Gasteiger charge is 2.34. The van der Waals surface area contributed by atoms with E-state index in [-0.39, 0.29) is 12.2 Å². The van der Waals surface area contributed by atoms with Gasteiger partial charge in [-0.25, -0.2) is 9.79 Å². The van der Waals surface area contributed by atoms with E-state index in [0.717, 1.165) is 24.3 Å². The minimum atomic E-state index is -0.705. The van der Waals surface area contributed by atoms with E-state index in [1.807, 2.05) is 42.5 Å². The van der Waals surface area contributed by atoms with E-state index < -0.39 is 12.0 Å². The van der Waals surface area contributed by atoms with Gasteiger partial charge in [-0.05, 0) is 57.5 Å². The molecule has 4 rings (SSSR count). The van der Waals surface area contributed by atoms with Crippen molar-refractivity contribution in [3.05, 3.63) is 90.6 Å². The van der Waals surface area contributed by atoms with Crippen molar-refractivity contribution in [1.82, 2.24) is 4.57 Å². The topological polar surface area (TPSA) is 73.1 Å². The molecule has 0 N–H and O–H groups in total. The Bertz CT molecular complexity index is 1460. The number of allylic oxidation sites excluding steroid dienone is 1. The standard InChI is InChI=1S/C28H31N3O4S/c1-6-30(7-2)20-15-13-19(14-16-20)17-23-26(32)31-25(21-11-9-10-12-22(21)34-5)24(27(33)35-8-3)18(4)29-28(31)36-23/h9-17,25H,6-8H2,1-5H3/b23-17-. The van der Waals surface area contributed by atoms with Gasteiger partial charge in [0, 0.05) is 24.3 Å². The van der Waals surface area contributed by atoms with Gasteiger partial charge >= 0.3 is 5.97 Å². The number of carbonyl (C=O) groups excluding carboxylic acids is 1. The zero-order valence-corrected chi connectivity index (χ0v) is 22.1. The second kappa shape index (κ2) is 11.0. The highest BCUT2D eigenvalue weighted by Crippen LogP contribution is 2.35. The molecule has 188 valence electrons. The Hall–Kier alpha value is -3.65. The lowest BCUT2D eigenvalue weighted by atomic mass is 9.95. The molecule has 36 heavy (non-hydrogen) atoms. The van der Waals surface area contributed by atoms with Crippen LogP contribution < -0.4 is 24.5 Å². The van der Waals surface area contributed by atoms with E-state index in [1.54, 1.807) is 25.5 Å². The first-order chi connectivity index (χ1) is 17.4. The molecule has 1 atom stereocenters. The monoisotopic (exact) mass is 505 g/mol. The summed E-state index contributed by atoms with van der Waals surface area (Å²) in [6.45, 7) is 9.87. The maximum absolute atomic E-state index is 13.8. The van der Waals surface area contributed by atoms with Gasteiger partial charge in [-0.3, -0.25) is 9.36 Å². The van der Waals surface area contributed by atoms with Gasteiger partial charge in [0.15, 0.2) is 4.80 Å². The molecular formula is C28H31N3O4S. The van der Waals surface area contributed by atoms with Crippen LogP contribution in [0.2, 0.25) is 0 Å². The van der Waals surface area contributed by atoms with Crippen LogP contribution in [0.25, 0.3) is 6.08 Å². The summed E-state index contributed by atoms with van der Waals surface area (Å²) >= 11 is 1.31. The minimum Gasteiger partial charge on any atom is -0.496 e. The number of methoxy groups -OCH3 is 1. The molecule has 0 radical (unpaired) electrons. The van der Waals surface area contributed by atoms with Crippen molar-refractivity contribution in [2.24, 2.45) is 4.99 Å². The second-order valence-electron chi connectivity index (χ2n) is 8.31. The fraction of sp³-hybridized carbons (Fsp3) is 0.321. The zero-order chi connectivity index (χ0) is 25.8. The lowest BCUT2D eigenvalue weighted by molar-refractivity contribution is -0.139. The van der Waals surface area contributed by atoms with Crippen LogP contribution in [-0.4, -0.2) is 37.3 Å². The largest absolute Gasteiger partial charge is 0.496 e. The number of thiazole rings is 1. The van der Waals surface area contributed by atoms with Gasteiger partial charge in [0.1, 0.15) is 11.8 Å². The molecule has 0 bridgehead atoms. The van der Waals surface area contributed by atoms with Crippen molar-refractivity contribution in [3.63, 3.8) is 0 Å². The maximum atomic E-state index is 13.8. The SMILES string of the molecule is CCOC(=O)C1=C(C)N=c2s/c(=C\c3ccc(N(CC)CC)cc3)c(=O)n2C1c1ccccc1OC. The highest BCUT2D eigenvalue weighted by atomic mass is 32.1. The van der Waals surface area contributed by atoms with Gasteiger partial charge in [-0.1, -0.05) is 41.7 Å². The number of nitrogens with zero attached hydrogens (tertiary/aromatic N) is 3. The number of para-hydroxylation sites is 1. The zero-order valence-electron chi connectivity index (χ0n) is 21.3. The van der Waals surface area contributed by atoms with Crippen LogP contribution >= 0.6 is 11.3 Å². The van der Waals surface area contributed by atoms with E-state index in [4.69, 9.17) is 9.47 Å². The fourth-order valence-electron chi connectivity index (χ4n) is 4.50. The van der Waals surface area contributed by atoms with Crippen molar-refractivity contribution in [1.29, 1.82) is 0 Å². The first kappa shape index (κ1) is 25.4. The van der Waals surface area contributed by atoms with Gasteiger partial charge in [-0.15, -0.1) is 0 Å². The van der Waals surface area contributed by atoms with E-state index in [0.29, 0.717) is 31.9 Å². The molecule has 1 unspecified atom stereocenters. The first-order valence-corrected chi connectivity index (χ1v) is 12.9. The molecule has 2 heterocycles. The molecule has 1 aromatic heterocycles. The lowest BCUT2D eigenvalue weighted by Gasteiger charge is -2.25. The predicted octanol–water partition coefficient (Wildman–Crippen LogP) is 3.65. The average Bonchev–Trinajstić information content (AvgIpc) is 3.19. The second-order valence-corrected chi connectivity index (χ2v) is 9.32. The Kier molecular flexibility index (Phi) is 7.74. The Labute approximate surface area is 214 Å². The Morgan fingerprint density at radius 1 is 1.11 bits per heavy atom. The normalized spacial score (nSPS) is 15.4. The molecule has 1 aliphatic rings. The van der Waals surface area contributed by atoms with E-state index in [1.165, 1.54) is 11.3 Å². The summed E-state index contributed by atoms with van der Waals surface area (Å²) in [6, 6.07) is 14.9. The third kappa shape index (κ3) is 4.73. The number of fused-ring (bicyclic) bond motifs is 1. The molecule has 0 saturated heterocycles. The number of ether oxygens (including phenoxy) is 2. The average molecular weight is 506 g/mol. The Morgan fingerprint density at radius 2 is 1.81 bits per heavy atom. The van der Waals surface area contributed by atoms with Crippen LogP contribution in [0.3, 0.4) is 0 Å². The third-order valence-electron chi connectivity index (χ3n) is 6.27. The van der Waals surface area contributed by atoms with Gasteiger partial charge < -0.3 is 14.4 Å². The highest BCUT2D eigenvalue weighted by molar-refractivity contribution is 7.07. The van der Waals surface area contributed by atoms with Crippen molar-refractivity contribution in [2.75, 3.05) is 31.7 Å². The third-order valence-corrected chi connectivity index (χ3v) is 7.25. The summed E-state index contributed by atoms with van der Waals surface area (Å²) in [5, 5.41) is 0. The smallest absolute Gasteiger partial charge is 0.338 e. The molecule has 0 fully saturated rings. The molecular weight excluding hydrogens is 474 g/mol. The van der Waals surface area contributed by atoms with Crippen LogP contribution in [0.5, 0.6) is 5.75 Å². The number of rotatable bonds is 8. The number of esters is 1. The summed E-state index contributed by atoms with van der Waals surface area (Å²) in [5.41, 5.74) is 3.42. The van der Waals surface area contributed by atoms with Crippen LogP contribution in [-0.2, 0) is 9.53 Å². The van der Waals surface area contributed by atoms with Gasteiger partial charge in [0.05, 0.1) is 29.5 Å². The van der Waals surface area contributed by atoms with Gasteiger partial charge in [-0.2, -0.15) is 0 Å². The molecule has 3 aromatic rings. The number of hydrogen-bond acceptors (Lipinski definition) is 7. The summed E-state index contributed by atoms with van der Waals surface area (Å²) in [4.78, 5) is 34.2. The lowest BCUT2D eigenvalue weighted by Crippen LogP contribution is -2.40. The van der Waals surface area contributed by atoms with Crippen LogP contribution in [0, 0.1) is 0 Å². The molecule has 0 spiro atoms. The maximum Gasteiger partial charge on any atom is 0.338 e. The molecule has 0 aliphatic carbocycles. The molecule has 7 nitrogen and oxygen atoms in total. The van der Waals surface area contributed by atoms with Crippen molar-refractivity contribution < 1.29 is 14.3 Å². The fourth-order valence-corrected chi connectivity index (χ4v) is 5.55. The number of carbonyl (C=O) groups is 1. The van der Waals surface area contributed by atoms with E-state index in [2.05, 4.69) is 35.9 Å². The van der Waals surface area contributed by atoms with E-state index in [9.17, 15) is 9.59 Å². The summed E-state index contributed by atoms with van der Waals surface area (Å²) < 4.78 is 13.1. The molecule has 0 amide bonds. The Morgan fingerprint density at radius 3 is 2.44 bits per heavy atom. The predicted molar refractivity (Wildman–Crippen MR) is 143 cm³/mol. The molecule has 8 heteroatoms. The quantitative estimate of drug-likeness (QED) is 0.437. The Balaban J connectivity index is 1.88. The van der Waals surface area contributed by atoms with E-state index >= 15 is 0 Å². The number of aromatic nitrogens is 1. The first-order valence-electron chi connectivity index (χ1n) is 12.1. The summed E-state index contributed by atoms with van der Waals surface area (Å²) in [5.74, 6) is 0.0940. The van der Waals surface area contributed by atoms with Crippen LogP contribution in [0.4, 0.5) is 5.69 Å². The number of benzene rings is 2. The van der Waals surface area contributed by atoms with Crippen LogP contribution in [0.15, 0.2) is 69.6 Å². The van der Waals surface area contributed by atoms with Crippen LogP contribution in [0.1, 0.15) is 44.9 Å². The van der Waals surface area contributed by atoms with Crippen molar-refractivity contribution in [3.8, 4) is 5.75 Å². The van der Waals surface area contributed by atoms with Gasteiger partial charge in [0.2, 0.25) is 0 Å². The molecule has 1 aliphatic heterocycles. The minimum absolute atomic E-state index is 0.211. The molecule has 0 saturated carbocycles. The van der Waals surface area contributed by atoms with Crippen molar-refractivity contribution in [2.45, 2.75) is 33.7 Å². The number of hydrogen-bond donors (Lipinski definition) is 0.